The van der Waals surface area contributed by atoms with Crippen molar-refractivity contribution in [2.24, 2.45) is 11.7 Å². The first-order chi connectivity index (χ1) is 22.4. The molecule has 11 heteroatoms. The second-order valence-electron chi connectivity index (χ2n) is 12.1. The summed E-state index contributed by atoms with van der Waals surface area (Å²) in [7, 11) is 0. The summed E-state index contributed by atoms with van der Waals surface area (Å²) in [5.74, 6) is -1.07. The molecule has 2 fully saturated rings. The van der Waals surface area contributed by atoms with Crippen LogP contribution in [0.2, 0.25) is 0 Å². The number of hydrogen-bond donors (Lipinski definition) is 5. The zero-order chi connectivity index (χ0) is 32.5. The van der Waals surface area contributed by atoms with Crippen molar-refractivity contribution in [2.45, 2.75) is 75.8 Å². The van der Waals surface area contributed by atoms with Crippen LogP contribution in [0.5, 0.6) is 0 Å². The van der Waals surface area contributed by atoms with Gasteiger partial charge in [-0.05, 0) is 61.0 Å². The Labute approximate surface area is 288 Å². The van der Waals surface area contributed by atoms with Crippen LogP contribution in [0.3, 0.4) is 0 Å². The second kappa shape index (κ2) is 17.2. The molecule has 3 amide bonds. The van der Waals surface area contributed by atoms with E-state index in [1.165, 1.54) is 0 Å². The highest BCUT2D eigenvalue weighted by Gasteiger charge is 2.48. The zero-order valence-corrected chi connectivity index (χ0v) is 28.3. The van der Waals surface area contributed by atoms with E-state index in [-0.39, 0.29) is 48.1 Å². The number of carbonyl (C=O) groups excluding carboxylic acids is 3. The summed E-state index contributed by atoms with van der Waals surface area (Å²) in [5.41, 5.74) is 9.10. The smallest absolute Gasteiger partial charge is 0.246 e. The van der Waals surface area contributed by atoms with Gasteiger partial charge in [0.05, 0.1) is 12.1 Å². The highest BCUT2D eigenvalue weighted by molar-refractivity contribution is 7.80. The molecule has 0 radical (unpaired) electrons. The Bertz CT molecular complexity index is 1440. The van der Waals surface area contributed by atoms with Gasteiger partial charge in [-0.3, -0.25) is 14.4 Å². The van der Waals surface area contributed by atoms with E-state index < -0.39 is 18.1 Å². The van der Waals surface area contributed by atoms with Gasteiger partial charge in [0.15, 0.2) is 5.11 Å². The van der Waals surface area contributed by atoms with Crippen molar-refractivity contribution in [3.63, 3.8) is 0 Å². The first-order valence-electron chi connectivity index (χ1n) is 16.2. The molecule has 0 aromatic heterocycles. The number of halogens is 1. The Kier molecular flexibility index (Phi) is 13.2. The fourth-order valence-electron chi connectivity index (χ4n) is 6.49. The van der Waals surface area contributed by atoms with Gasteiger partial charge in [0.1, 0.15) is 12.1 Å². The molecular weight excluding hydrogens is 632 g/mol. The van der Waals surface area contributed by atoms with Gasteiger partial charge in [0, 0.05) is 25.0 Å². The van der Waals surface area contributed by atoms with Crippen molar-refractivity contribution < 1.29 is 14.4 Å². The van der Waals surface area contributed by atoms with Gasteiger partial charge < -0.3 is 31.9 Å². The number of thiocarbonyl (C=S) groups is 1. The van der Waals surface area contributed by atoms with Gasteiger partial charge in [-0.1, -0.05) is 97.9 Å². The molecule has 250 valence electrons. The molecule has 6 N–H and O–H groups in total. The first-order valence-corrected chi connectivity index (χ1v) is 16.6. The average molecular weight is 677 g/mol. The Morgan fingerprint density at radius 3 is 2.04 bits per heavy atom. The van der Waals surface area contributed by atoms with Crippen molar-refractivity contribution in [1.29, 1.82) is 0 Å². The molecule has 2 heterocycles. The van der Waals surface area contributed by atoms with E-state index in [9.17, 15) is 14.4 Å². The highest BCUT2D eigenvalue weighted by atomic mass is 35.5. The molecule has 0 bridgehead atoms. The van der Waals surface area contributed by atoms with E-state index in [2.05, 4.69) is 21.3 Å². The number of nitrogens with zero attached hydrogens (tertiary/aromatic N) is 1. The van der Waals surface area contributed by atoms with Crippen molar-refractivity contribution in [1.82, 2.24) is 26.2 Å². The summed E-state index contributed by atoms with van der Waals surface area (Å²) in [5, 5.41) is 13.2. The van der Waals surface area contributed by atoms with Gasteiger partial charge in [-0.15, -0.1) is 12.4 Å². The summed E-state index contributed by atoms with van der Waals surface area (Å²) in [6.45, 7) is 2.80. The number of fused-ring (bicyclic) bond motifs is 1. The topological polar surface area (TPSA) is 129 Å². The number of hydrogen-bond acceptors (Lipinski definition) is 5. The Balaban J connectivity index is 0.00000500. The lowest BCUT2D eigenvalue weighted by Gasteiger charge is -2.33. The van der Waals surface area contributed by atoms with E-state index in [0.29, 0.717) is 37.5 Å². The normalized spacial score (nSPS) is 21.1. The number of carbonyl (C=O) groups is 3. The van der Waals surface area contributed by atoms with Crippen molar-refractivity contribution in [2.75, 3.05) is 6.54 Å². The van der Waals surface area contributed by atoms with Crippen LogP contribution in [0.4, 0.5) is 0 Å². The standard InChI is InChI=1S/C36H44N6O3S.ClH/c1-2-29(37)33(43)41-32-27(23-39-36(46)38-22-24-12-6-3-7-13-24)18-19-28-20-21-30(42(28)35(32)45)34(44)40-31(25-14-8-4-9-15-25)26-16-10-5-11-17-26;/h3-17,27-32H,2,18-23,37H2,1H3,(H,40,44)(H,41,43)(H2,38,39,46);1H/t27-,28+,29+,30+,32+;/m1./s1. The molecule has 5 atom stereocenters. The van der Waals surface area contributed by atoms with E-state index in [0.717, 1.165) is 29.5 Å². The van der Waals surface area contributed by atoms with Crippen molar-refractivity contribution >= 4 is 47.5 Å². The molecule has 2 aliphatic rings. The van der Waals surface area contributed by atoms with Crippen LogP contribution in [-0.2, 0) is 20.9 Å². The van der Waals surface area contributed by atoms with Crippen LogP contribution in [0.25, 0.3) is 0 Å². The molecule has 0 spiro atoms. The predicted molar refractivity (Wildman–Crippen MR) is 191 cm³/mol. The zero-order valence-electron chi connectivity index (χ0n) is 26.6. The molecule has 2 aliphatic heterocycles. The first kappa shape index (κ1) is 35.9. The van der Waals surface area contributed by atoms with Crippen LogP contribution < -0.4 is 27.0 Å². The largest absolute Gasteiger partial charge is 0.362 e. The summed E-state index contributed by atoms with van der Waals surface area (Å²) in [6.07, 6.45) is 3.13. The summed E-state index contributed by atoms with van der Waals surface area (Å²) in [4.78, 5) is 43.2. The molecule has 9 nitrogen and oxygen atoms in total. The van der Waals surface area contributed by atoms with Gasteiger partial charge in [-0.25, -0.2) is 0 Å². The van der Waals surface area contributed by atoms with Gasteiger partial charge in [-0.2, -0.15) is 0 Å². The van der Waals surface area contributed by atoms with Crippen LogP contribution in [-0.4, -0.2) is 58.4 Å². The lowest BCUT2D eigenvalue weighted by molar-refractivity contribution is -0.143. The summed E-state index contributed by atoms with van der Waals surface area (Å²) >= 11 is 5.55. The van der Waals surface area contributed by atoms with E-state index in [1.54, 1.807) is 4.90 Å². The Morgan fingerprint density at radius 1 is 0.872 bits per heavy atom. The third-order valence-corrected chi connectivity index (χ3v) is 9.40. The lowest BCUT2D eigenvalue weighted by atomic mass is 9.92. The predicted octanol–water partition coefficient (Wildman–Crippen LogP) is 3.97. The SMILES string of the molecule is CC[C@H](N)C(=O)N[C@@H]1C(=O)N2[C@@H](CC[C@@H]1CNC(=S)NCc1ccccc1)CC[C@H]2C(=O)NC(c1ccccc1)c1ccccc1.Cl. The van der Waals surface area contributed by atoms with Crippen LogP contribution in [0.1, 0.15) is 61.8 Å². The molecule has 47 heavy (non-hydrogen) atoms. The fourth-order valence-corrected chi connectivity index (χ4v) is 6.65. The number of rotatable bonds is 11. The molecule has 0 aliphatic carbocycles. The monoisotopic (exact) mass is 676 g/mol. The molecule has 0 saturated carbocycles. The van der Waals surface area contributed by atoms with Crippen LogP contribution >= 0.6 is 24.6 Å². The lowest BCUT2D eigenvalue weighted by Crippen LogP contribution is -2.59. The molecule has 0 unspecified atom stereocenters. The molecule has 5 rings (SSSR count). The average Bonchev–Trinajstić information content (AvgIpc) is 3.48. The van der Waals surface area contributed by atoms with Gasteiger partial charge in [0.2, 0.25) is 17.7 Å². The minimum atomic E-state index is -0.841. The van der Waals surface area contributed by atoms with E-state index >= 15 is 0 Å². The quantitative estimate of drug-likeness (QED) is 0.195. The van der Waals surface area contributed by atoms with Crippen LogP contribution in [0, 0.1) is 5.92 Å². The van der Waals surface area contributed by atoms with Crippen molar-refractivity contribution in [3.8, 4) is 0 Å². The van der Waals surface area contributed by atoms with Gasteiger partial charge >= 0.3 is 0 Å². The maximum atomic E-state index is 14.4. The highest BCUT2D eigenvalue weighted by Crippen LogP contribution is 2.35. The number of amides is 3. The Hall–Kier alpha value is -3.99. The maximum absolute atomic E-state index is 14.4. The van der Waals surface area contributed by atoms with E-state index in [4.69, 9.17) is 18.0 Å². The fraction of sp³-hybridized carbons (Fsp3) is 0.389. The molecule has 2 saturated heterocycles. The van der Waals surface area contributed by atoms with E-state index in [1.807, 2.05) is 97.9 Å². The summed E-state index contributed by atoms with van der Waals surface area (Å²) in [6, 6.07) is 26.9. The third-order valence-electron chi connectivity index (χ3n) is 9.12. The maximum Gasteiger partial charge on any atom is 0.246 e. The molecule has 3 aromatic rings. The van der Waals surface area contributed by atoms with Gasteiger partial charge in [0.25, 0.3) is 0 Å². The third kappa shape index (κ3) is 9.09. The minimum Gasteiger partial charge on any atom is -0.362 e. The van der Waals surface area contributed by atoms with Crippen LogP contribution in [0.15, 0.2) is 91.0 Å². The number of nitrogens with two attached hydrogens (primary N) is 1. The molecular formula is C36H45ClN6O3S. The number of nitrogens with one attached hydrogen (secondary N) is 4. The minimum absolute atomic E-state index is 0. The number of benzene rings is 3. The summed E-state index contributed by atoms with van der Waals surface area (Å²) < 4.78 is 0. The second-order valence-corrected chi connectivity index (χ2v) is 12.6. The Morgan fingerprint density at radius 2 is 1.45 bits per heavy atom. The molecule has 3 aromatic carbocycles. The van der Waals surface area contributed by atoms with Crippen molar-refractivity contribution in [3.05, 3.63) is 108 Å².